The smallest absolute Gasteiger partial charge is 0.0681 e. The van der Waals surface area contributed by atoms with E-state index in [1.807, 2.05) is 12.1 Å². The number of rotatable bonds is 2. The predicted molar refractivity (Wildman–Crippen MR) is 68.7 cm³/mol. The molecule has 2 heteroatoms. The van der Waals surface area contributed by atoms with Gasteiger partial charge in [0.1, 0.15) is 0 Å². The lowest BCUT2D eigenvalue weighted by molar-refractivity contribution is 0.282. The minimum Gasteiger partial charge on any atom is -0.392 e. The molecule has 1 aliphatic rings. The molecule has 2 aromatic carbocycles. The van der Waals surface area contributed by atoms with Gasteiger partial charge >= 0.3 is 0 Å². The predicted octanol–water partition coefficient (Wildman–Crippen LogP) is 2.70. The number of aliphatic hydroxyl groups excluding tert-OH is 1. The maximum Gasteiger partial charge on any atom is 0.0681 e. The lowest BCUT2D eigenvalue weighted by Crippen LogP contribution is -2.14. The highest BCUT2D eigenvalue weighted by molar-refractivity contribution is 5.52. The van der Waals surface area contributed by atoms with Crippen molar-refractivity contribution in [3.8, 4) is 0 Å². The van der Waals surface area contributed by atoms with Crippen molar-refractivity contribution in [2.75, 3.05) is 4.90 Å². The van der Waals surface area contributed by atoms with Crippen molar-refractivity contribution in [1.82, 2.24) is 0 Å². The molecule has 0 saturated heterocycles. The zero-order valence-corrected chi connectivity index (χ0v) is 9.63. The van der Waals surface area contributed by atoms with Crippen molar-refractivity contribution in [3.05, 3.63) is 65.2 Å². The summed E-state index contributed by atoms with van der Waals surface area (Å²) in [7, 11) is 0. The second-order valence-electron chi connectivity index (χ2n) is 4.45. The van der Waals surface area contributed by atoms with Crippen LogP contribution >= 0.6 is 0 Å². The summed E-state index contributed by atoms with van der Waals surface area (Å²) in [6.45, 7) is 2.07. The molecule has 1 N–H and O–H groups in total. The van der Waals surface area contributed by atoms with Gasteiger partial charge in [-0.2, -0.15) is 0 Å². The molecule has 0 radical (unpaired) electrons. The van der Waals surface area contributed by atoms with Crippen molar-refractivity contribution in [2.24, 2.45) is 0 Å². The van der Waals surface area contributed by atoms with Crippen LogP contribution < -0.4 is 4.90 Å². The highest BCUT2D eigenvalue weighted by atomic mass is 16.3. The van der Waals surface area contributed by atoms with E-state index in [4.69, 9.17) is 5.11 Å². The van der Waals surface area contributed by atoms with Crippen LogP contribution in [0.15, 0.2) is 48.5 Å². The summed E-state index contributed by atoms with van der Waals surface area (Å²) >= 11 is 0. The van der Waals surface area contributed by atoms with E-state index < -0.39 is 0 Å². The highest BCUT2D eigenvalue weighted by Gasteiger charge is 2.18. The van der Waals surface area contributed by atoms with Crippen LogP contribution in [-0.4, -0.2) is 5.11 Å². The molecular formula is C15H15NO. The van der Waals surface area contributed by atoms with E-state index in [1.54, 1.807) is 0 Å². The maximum atomic E-state index is 9.02. The minimum absolute atomic E-state index is 0.112. The lowest BCUT2D eigenvalue weighted by atomic mass is 10.1. The number of hydrogen-bond acceptors (Lipinski definition) is 2. The molecule has 0 saturated carbocycles. The van der Waals surface area contributed by atoms with Gasteiger partial charge in [-0.05, 0) is 28.8 Å². The first-order valence-electron chi connectivity index (χ1n) is 5.88. The fourth-order valence-electron chi connectivity index (χ4n) is 2.33. The van der Waals surface area contributed by atoms with Crippen molar-refractivity contribution in [1.29, 1.82) is 0 Å². The Morgan fingerprint density at radius 3 is 2.00 bits per heavy atom. The molecule has 0 aliphatic carbocycles. The Labute approximate surface area is 101 Å². The molecule has 2 nitrogen and oxygen atoms in total. The molecule has 0 fully saturated rings. The fraction of sp³-hybridized carbons (Fsp3) is 0.200. The molecule has 0 unspecified atom stereocenters. The van der Waals surface area contributed by atoms with Crippen molar-refractivity contribution < 1.29 is 5.11 Å². The zero-order valence-electron chi connectivity index (χ0n) is 9.63. The number of nitrogens with zero attached hydrogens (tertiary/aromatic N) is 1. The fourth-order valence-corrected chi connectivity index (χ4v) is 2.33. The van der Waals surface area contributed by atoms with Gasteiger partial charge in [-0.3, -0.25) is 0 Å². The van der Waals surface area contributed by atoms with E-state index in [0.717, 1.165) is 18.7 Å². The standard InChI is InChI=1S/C15H15NO/c17-11-12-5-7-15(8-6-12)16-9-13-3-1-2-4-14(13)10-16/h1-8,17H,9-11H2. The minimum atomic E-state index is 0.112. The third-order valence-electron chi connectivity index (χ3n) is 3.32. The number of aliphatic hydroxyl groups is 1. The Hall–Kier alpha value is -1.80. The molecular weight excluding hydrogens is 210 g/mol. The van der Waals surface area contributed by atoms with E-state index >= 15 is 0 Å². The zero-order chi connectivity index (χ0) is 11.7. The van der Waals surface area contributed by atoms with Gasteiger partial charge in [0, 0.05) is 18.8 Å². The van der Waals surface area contributed by atoms with Gasteiger partial charge in [-0.15, -0.1) is 0 Å². The van der Waals surface area contributed by atoms with Crippen LogP contribution in [0.2, 0.25) is 0 Å². The molecule has 3 rings (SSSR count). The molecule has 2 aromatic rings. The van der Waals surface area contributed by atoms with Gasteiger partial charge in [-0.1, -0.05) is 36.4 Å². The van der Waals surface area contributed by atoms with E-state index in [2.05, 4.69) is 41.3 Å². The van der Waals surface area contributed by atoms with Gasteiger partial charge in [0.2, 0.25) is 0 Å². The second kappa shape index (κ2) is 4.22. The molecule has 0 amide bonds. The van der Waals surface area contributed by atoms with E-state index in [0.29, 0.717) is 0 Å². The first kappa shape index (κ1) is 10.4. The monoisotopic (exact) mass is 225 g/mol. The molecule has 86 valence electrons. The number of fused-ring (bicyclic) bond motifs is 1. The van der Waals surface area contributed by atoms with Crippen LogP contribution in [0, 0.1) is 0 Å². The van der Waals surface area contributed by atoms with Gasteiger partial charge in [0.25, 0.3) is 0 Å². The number of anilines is 1. The van der Waals surface area contributed by atoms with E-state index in [9.17, 15) is 0 Å². The van der Waals surface area contributed by atoms with Gasteiger partial charge in [0.05, 0.1) is 6.61 Å². The summed E-state index contributed by atoms with van der Waals surface area (Å²) in [6.07, 6.45) is 0. The molecule has 0 spiro atoms. The molecule has 1 aliphatic heterocycles. The number of benzene rings is 2. The SMILES string of the molecule is OCc1ccc(N2Cc3ccccc3C2)cc1. The van der Waals surface area contributed by atoms with Crippen LogP contribution in [0.5, 0.6) is 0 Å². The van der Waals surface area contributed by atoms with E-state index in [-0.39, 0.29) is 6.61 Å². The summed E-state index contributed by atoms with van der Waals surface area (Å²) < 4.78 is 0. The first-order chi connectivity index (χ1) is 8.36. The van der Waals surface area contributed by atoms with Crippen LogP contribution in [-0.2, 0) is 19.7 Å². The molecule has 17 heavy (non-hydrogen) atoms. The summed E-state index contributed by atoms with van der Waals surface area (Å²) in [5, 5.41) is 9.02. The third-order valence-corrected chi connectivity index (χ3v) is 3.32. The Kier molecular flexibility index (Phi) is 2.57. The largest absolute Gasteiger partial charge is 0.392 e. The third kappa shape index (κ3) is 1.92. The normalized spacial score (nSPS) is 13.8. The Morgan fingerprint density at radius 2 is 1.47 bits per heavy atom. The van der Waals surface area contributed by atoms with Gasteiger partial charge in [-0.25, -0.2) is 0 Å². The lowest BCUT2D eigenvalue weighted by Gasteiger charge is -2.17. The average molecular weight is 225 g/mol. The summed E-state index contributed by atoms with van der Waals surface area (Å²) in [5.41, 5.74) is 5.02. The van der Waals surface area contributed by atoms with Crippen LogP contribution in [0.4, 0.5) is 5.69 Å². The van der Waals surface area contributed by atoms with Crippen LogP contribution in [0.25, 0.3) is 0 Å². The highest BCUT2D eigenvalue weighted by Crippen LogP contribution is 2.27. The molecule has 0 aromatic heterocycles. The molecule has 0 bridgehead atoms. The summed E-state index contributed by atoms with van der Waals surface area (Å²) in [5.74, 6) is 0. The second-order valence-corrected chi connectivity index (χ2v) is 4.45. The van der Waals surface area contributed by atoms with Crippen LogP contribution in [0.3, 0.4) is 0 Å². The summed E-state index contributed by atoms with van der Waals surface area (Å²) in [4.78, 5) is 2.35. The average Bonchev–Trinajstić information content (AvgIpc) is 2.82. The Morgan fingerprint density at radius 1 is 0.882 bits per heavy atom. The van der Waals surface area contributed by atoms with E-state index in [1.165, 1.54) is 16.8 Å². The van der Waals surface area contributed by atoms with Crippen molar-refractivity contribution in [3.63, 3.8) is 0 Å². The Balaban J connectivity index is 1.83. The first-order valence-corrected chi connectivity index (χ1v) is 5.88. The molecule has 1 heterocycles. The van der Waals surface area contributed by atoms with Crippen LogP contribution in [0.1, 0.15) is 16.7 Å². The van der Waals surface area contributed by atoms with Gasteiger partial charge < -0.3 is 10.0 Å². The van der Waals surface area contributed by atoms with Gasteiger partial charge in [0.15, 0.2) is 0 Å². The molecule has 0 atom stereocenters. The van der Waals surface area contributed by atoms with Crippen molar-refractivity contribution in [2.45, 2.75) is 19.7 Å². The Bertz CT molecular complexity index is 494. The number of hydrogen-bond donors (Lipinski definition) is 1. The maximum absolute atomic E-state index is 9.02. The van der Waals surface area contributed by atoms with Crippen molar-refractivity contribution >= 4 is 5.69 Å². The summed E-state index contributed by atoms with van der Waals surface area (Å²) in [6, 6.07) is 16.7. The quantitative estimate of drug-likeness (QED) is 0.849. The topological polar surface area (TPSA) is 23.5 Å².